The van der Waals surface area contributed by atoms with Crippen LogP contribution in [0.25, 0.3) is 22.8 Å². The molecule has 81 heavy (non-hydrogen) atoms. The molecule has 0 aliphatic carbocycles. The summed E-state index contributed by atoms with van der Waals surface area (Å²) in [5.74, 6) is 0.694. The van der Waals surface area contributed by atoms with Crippen LogP contribution in [0.4, 0.5) is 0 Å². The van der Waals surface area contributed by atoms with Crippen molar-refractivity contribution in [3.05, 3.63) is 166 Å². The third-order valence-electron chi connectivity index (χ3n) is 15.6. The second-order valence-electron chi connectivity index (χ2n) is 22.5. The molecule has 9 heteroatoms. The Morgan fingerprint density at radius 3 is 0.889 bits per heavy atom. The van der Waals surface area contributed by atoms with Gasteiger partial charge < -0.3 is 14.2 Å². The summed E-state index contributed by atoms with van der Waals surface area (Å²) >= 11 is 0. The largest absolute Gasteiger partial charge is 0.462 e. The maximum absolute atomic E-state index is 13.3. The van der Waals surface area contributed by atoms with E-state index in [9.17, 15) is 9.59 Å². The lowest BCUT2D eigenvalue weighted by atomic mass is 9.95. The molecule has 6 rings (SSSR count). The van der Waals surface area contributed by atoms with E-state index in [4.69, 9.17) is 34.1 Å². The molecular weight excluding hydrogens is 1000 g/mol. The summed E-state index contributed by atoms with van der Waals surface area (Å²) in [7, 11) is 0. The second-order valence-corrected chi connectivity index (χ2v) is 22.5. The average Bonchev–Trinajstić information content (AvgIpc) is 3.51. The minimum absolute atomic E-state index is 0.327. The molecule has 9 nitrogen and oxygen atoms in total. The van der Waals surface area contributed by atoms with E-state index >= 15 is 0 Å². The van der Waals surface area contributed by atoms with Crippen LogP contribution < -0.4 is 0 Å². The van der Waals surface area contributed by atoms with Crippen molar-refractivity contribution in [2.75, 3.05) is 13.2 Å². The number of esters is 2. The van der Waals surface area contributed by atoms with Gasteiger partial charge in [-0.3, -0.25) is 0 Å². The molecule has 0 bridgehead atoms. The fourth-order valence-corrected chi connectivity index (χ4v) is 10.5. The molecule has 0 radical (unpaired) electrons. The van der Waals surface area contributed by atoms with Crippen LogP contribution in [0.2, 0.25) is 0 Å². The Morgan fingerprint density at radius 2 is 0.593 bits per heavy atom. The summed E-state index contributed by atoms with van der Waals surface area (Å²) in [5.41, 5.74) is 8.72. The fourth-order valence-electron chi connectivity index (χ4n) is 10.5. The molecule has 2 aromatic heterocycles. The summed E-state index contributed by atoms with van der Waals surface area (Å²) in [6, 6.07) is 31.8. The van der Waals surface area contributed by atoms with E-state index in [1.54, 1.807) is 0 Å². The monoisotopic (exact) mass is 1100 g/mol. The summed E-state index contributed by atoms with van der Waals surface area (Å²) in [4.78, 5) is 45.9. The standard InChI is InChI=1S/C72H98N4O5/c1-5-9-13-17-21-23-25-29-33-57-53-73-69(74-54-57)63-43-35-59(36-44-63)67(61-39-47-65(48-40-61)71(77)79-51-31-27-19-15-11-7-3)81-68(62-41-49-66(50-42-62)72(78)80-52-32-28-20-16-12-8-4)60-37-45-64(46-38-60)70-75-55-58(56-76-70)34-30-26-24-22-18-14-10-6-2/h35-50,53-56,67-68H,5-34,51-52H2,1-4H3. The molecule has 0 fully saturated rings. The van der Waals surface area contributed by atoms with Gasteiger partial charge in [0.1, 0.15) is 12.2 Å². The summed E-state index contributed by atoms with van der Waals surface area (Å²) in [6.07, 6.45) is 42.7. The third kappa shape index (κ3) is 23.4. The number of unbranched alkanes of at least 4 members (excludes halogenated alkanes) is 24. The zero-order valence-electron chi connectivity index (χ0n) is 50.2. The van der Waals surface area contributed by atoms with Gasteiger partial charge in [-0.05, 0) is 96.2 Å². The average molecular weight is 1100 g/mol. The number of hydrogen-bond acceptors (Lipinski definition) is 9. The van der Waals surface area contributed by atoms with Gasteiger partial charge in [0.25, 0.3) is 0 Å². The van der Waals surface area contributed by atoms with Crippen LogP contribution in [-0.2, 0) is 27.1 Å². The second kappa shape index (κ2) is 38.6. The number of ether oxygens (including phenoxy) is 3. The number of rotatable bonds is 42. The maximum atomic E-state index is 13.3. The fraction of sp³-hybridized carbons (Fsp3) is 0.528. The normalized spacial score (nSPS) is 12.1. The first-order chi connectivity index (χ1) is 39.9. The van der Waals surface area contributed by atoms with Crippen molar-refractivity contribution in [1.29, 1.82) is 0 Å². The van der Waals surface area contributed by atoms with Crippen molar-refractivity contribution in [3.63, 3.8) is 0 Å². The Hall–Kier alpha value is -6.06. The van der Waals surface area contributed by atoms with Gasteiger partial charge in [0.05, 0.1) is 24.3 Å². The topological polar surface area (TPSA) is 113 Å². The number of carbonyl (C=O) groups is 2. The molecule has 0 saturated carbocycles. The SMILES string of the molecule is CCCCCCCCCCc1cnc(-c2ccc(C(OC(c3ccc(C(=O)OCCCCCCCC)cc3)c3ccc(-c4ncc(CCCCCCCCCC)cn4)cc3)c3ccc(C(=O)OCCCCCCCC)cc3)cc2)nc1. The van der Waals surface area contributed by atoms with Crippen LogP contribution >= 0.6 is 0 Å². The number of hydrogen-bond donors (Lipinski definition) is 0. The summed E-state index contributed by atoms with van der Waals surface area (Å²) in [5, 5.41) is 0. The predicted octanol–water partition coefficient (Wildman–Crippen LogP) is 19.9. The molecule has 2 heterocycles. The van der Waals surface area contributed by atoms with Crippen molar-refractivity contribution in [3.8, 4) is 22.8 Å². The molecule has 2 unspecified atom stereocenters. The molecule has 0 aliphatic heterocycles. The molecule has 0 spiro atoms. The van der Waals surface area contributed by atoms with E-state index in [0.29, 0.717) is 36.0 Å². The number of benzene rings is 4. The Morgan fingerprint density at radius 1 is 0.333 bits per heavy atom. The van der Waals surface area contributed by atoms with Gasteiger partial charge in [-0.15, -0.1) is 0 Å². The van der Waals surface area contributed by atoms with Crippen LogP contribution in [-0.4, -0.2) is 45.1 Å². The highest BCUT2D eigenvalue weighted by Gasteiger charge is 2.25. The zero-order valence-corrected chi connectivity index (χ0v) is 50.2. The zero-order chi connectivity index (χ0) is 57.0. The maximum Gasteiger partial charge on any atom is 0.338 e. The van der Waals surface area contributed by atoms with Crippen LogP contribution in [0.15, 0.2) is 122 Å². The predicted molar refractivity (Wildman–Crippen MR) is 333 cm³/mol. The first kappa shape index (κ1) is 64.1. The van der Waals surface area contributed by atoms with Gasteiger partial charge in [-0.2, -0.15) is 0 Å². The summed E-state index contributed by atoms with van der Waals surface area (Å²) < 4.78 is 18.9. The van der Waals surface area contributed by atoms with Gasteiger partial charge >= 0.3 is 11.9 Å². The van der Waals surface area contributed by atoms with E-state index in [0.717, 1.165) is 109 Å². The van der Waals surface area contributed by atoms with Gasteiger partial charge in [-0.1, -0.05) is 255 Å². The number of aromatic nitrogens is 4. The lowest BCUT2D eigenvalue weighted by Gasteiger charge is -2.27. The first-order valence-electron chi connectivity index (χ1n) is 31.9. The molecule has 0 aliphatic rings. The van der Waals surface area contributed by atoms with Crippen LogP contribution in [0, 0.1) is 0 Å². The smallest absolute Gasteiger partial charge is 0.338 e. The van der Waals surface area contributed by atoms with E-state index in [1.807, 2.05) is 73.3 Å². The molecule has 6 aromatic rings. The van der Waals surface area contributed by atoms with Gasteiger partial charge in [0.2, 0.25) is 0 Å². The molecule has 0 N–H and O–H groups in total. The van der Waals surface area contributed by atoms with Gasteiger partial charge in [0.15, 0.2) is 11.6 Å². The highest BCUT2D eigenvalue weighted by atomic mass is 16.5. The summed E-state index contributed by atoms with van der Waals surface area (Å²) in [6.45, 7) is 9.77. The quantitative estimate of drug-likeness (QED) is 0.0273. The molecular formula is C72H98N4O5. The van der Waals surface area contributed by atoms with E-state index in [1.165, 1.54) is 128 Å². The molecule has 4 aromatic carbocycles. The molecule has 0 amide bonds. The molecule has 436 valence electrons. The molecule has 0 saturated heterocycles. The minimum Gasteiger partial charge on any atom is -0.462 e. The van der Waals surface area contributed by atoms with Crippen molar-refractivity contribution >= 4 is 11.9 Å². The lowest BCUT2D eigenvalue weighted by molar-refractivity contribution is 0.0307. The highest BCUT2D eigenvalue weighted by molar-refractivity contribution is 5.90. The Kier molecular flexibility index (Phi) is 30.6. The Balaban J connectivity index is 1.24. The van der Waals surface area contributed by atoms with Crippen molar-refractivity contribution in [2.45, 2.75) is 233 Å². The Labute approximate surface area is 488 Å². The van der Waals surface area contributed by atoms with Crippen molar-refractivity contribution in [2.24, 2.45) is 0 Å². The van der Waals surface area contributed by atoms with Gasteiger partial charge in [0, 0.05) is 35.9 Å². The van der Waals surface area contributed by atoms with E-state index in [2.05, 4.69) is 76.2 Å². The van der Waals surface area contributed by atoms with E-state index in [-0.39, 0.29) is 11.9 Å². The van der Waals surface area contributed by atoms with Crippen molar-refractivity contribution < 1.29 is 23.8 Å². The Bertz CT molecular complexity index is 2420. The van der Waals surface area contributed by atoms with Crippen LogP contribution in [0.3, 0.4) is 0 Å². The third-order valence-corrected chi connectivity index (χ3v) is 15.6. The number of nitrogens with zero attached hydrogens (tertiary/aromatic N) is 4. The lowest BCUT2D eigenvalue weighted by Crippen LogP contribution is -2.14. The minimum atomic E-state index is -0.578. The van der Waals surface area contributed by atoms with Crippen molar-refractivity contribution in [1.82, 2.24) is 19.9 Å². The number of carbonyl (C=O) groups excluding carboxylic acids is 2. The molecule has 2 atom stereocenters. The van der Waals surface area contributed by atoms with Crippen LogP contribution in [0.1, 0.15) is 274 Å². The van der Waals surface area contributed by atoms with Crippen LogP contribution in [0.5, 0.6) is 0 Å². The first-order valence-corrected chi connectivity index (χ1v) is 31.9. The van der Waals surface area contributed by atoms with E-state index < -0.39 is 12.2 Å². The van der Waals surface area contributed by atoms with Gasteiger partial charge in [-0.25, -0.2) is 29.5 Å². The highest BCUT2D eigenvalue weighted by Crippen LogP contribution is 2.38. The number of aryl methyl sites for hydroxylation is 2.